The van der Waals surface area contributed by atoms with Crippen LogP contribution in [0.1, 0.15) is 44.1 Å². The molecule has 2 amide bonds. The summed E-state index contributed by atoms with van der Waals surface area (Å²) in [6.07, 6.45) is 4.69. The van der Waals surface area contributed by atoms with E-state index in [4.69, 9.17) is 9.97 Å². The fourth-order valence-corrected chi connectivity index (χ4v) is 5.75. The number of hydrogen-bond donors (Lipinski definition) is 2. The average Bonchev–Trinajstić information content (AvgIpc) is 3.51. The van der Waals surface area contributed by atoms with Crippen molar-refractivity contribution in [2.75, 3.05) is 49.5 Å². The van der Waals surface area contributed by atoms with E-state index in [1.807, 2.05) is 54.6 Å². The third-order valence-corrected chi connectivity index (χ3v) is 7.76. The van der Waals surface area contributed by atoms with Crippen LogP contribution in [0.3, 0.4) is 0 Å². The van der Waals surface area contributed by atoms with Gasteiger partial charge in [0.1, 0.15) is 11.6 Å². The molecule has 1 unspecified atom stereocenters. The molecule has 1 aromatic heterocycles. The van der Waals surface area contributed by atoms with Crippen LogP contribution in [0.15, 0.2) is 66.7 Å². The summed E-state index contributed by atoms with van der Waals surface area (Å²) in [4.78, 5) is 39.0. The minimum absolute atomic E-state index is 0.0524. The lowest BCUT2D eigenvalue weighted by Gasteiger charge is -2.38. The Kier molecular flexibility index (Phi) is 8.71. The van der Waals surface area contributed by atoms with E-state index in [9.17, 15) is 9.59 Å². The molecule has 2 heterocycles. The molecule has 0 spiro atoms. The van der Waals surface area contributed by atoms with Crippen LogP contribution in [-0.4, -0.2) is 66.0 Å². The highest BCUT2D eigenvalue weighted by atomic mass is 16.2. The Morgan fingerprint density at radius 3 is 2.23 bits per heavy atom. The number of benzene rings is 2. The van der Waals surface area contributed by atoms with Crippen molar-refractivity contribution in [2.45, 2.75) is 38.5 Å². The first kappa shape index (κ1) is 26.7. The third kappa shape index (κ3) is 6.74. The van der Waals surface area contributed by atoms with E-state index in [1.54, 1.807) is 0 Å². The largest absolute Gasteiger partial charge is 0.368 e. The fraction of sp³-hybridized carbons (Fsp3) is 0.419. The van der Waals surface area contributed by atoms with E-state index in [1.165, 1.54) is 19.8 Å². The number of anilines is 2. The van der Waals surface area contributed by atoms with E-state index in [-0.39, 0.29) is 17.7 Å². The van der Waals surface area contributed by atoms with Gasteiger partial charge in [0, 0.05) is 57.8 Å². The van der Waals surface area contributed by atoms with Gasteiger partial charge in [-0.1, -0.05) is 73.5 Å². The molecular weight excluding hydrogens is 488 g/mol. The standard InChI is InChI=1S/C31H38N6O2/c1-23(38)32-16-17-33-27-22-28(35-30(34-27)26-14-6-3-7-15-26)36-18-20-37(21-19-36)31(39)29(25-12-8-9-13-25)24-10-4-2-5-11-24/h2-7,10-11,14-15,22,25,29H,8-9,12-13,16-21H2,1H3,(H,32,38)(H,33,34,35). The molecule has 0 radical (unpaired) electrons. The van der Waals surface area contributed by atoms with E-state index >= 15 is 0 Å². The number of piperazine rings is 1. The maximum Gasteiger partial charge on any atom is 0.230 e. The highest BCUT2D eigenvalue weighted by Crippen LogP contribution is 2.38. The maximum atomic E-state index is 13.9. The minimum Gasteiger partial charge on any atom is -0.368 e. The number of nitrogens with zero attached hydrogens (tertiary/aromatic N) is 4. The van der Waals surface area contributed by atoms with Gasteiger partial charge in [-0.05, 0) is 24.3 Å². The second-order valence-corrected chi connectivity index (χ2v) is 10.5. The molecule has 8 heteroatoms. The van der Waals surface area contributed by atoms with Gasteiger partial charge >= 0.3 is 0 Å². The summed E-state index contributed by atoms with van der Waals surface area (Å²) in [5, 5.41) is 6.13. The predicted molar refractivity (Wildman–Crippen MR) is 155 cm³/mol. The summed E-state index contributed by atoms with van der Waals surface area (Å²) in [7, 11) is 0. The molecule has 39 heavy (non-hydrogen) atoms. The first-order valence-corrected chi connectivity index (χ1v) is 14.1. The number of nitrogens with one attached hydrogen (secondary N) is 2. The molecule has 1 saturated carbocycles. The number of hydrogen-bond acceptors (Lipinski definition) is 6. The van der Waals surface area contributed by atoms with Crippen molar-refractivity contribution in [3.63, 3.8) is 0 Å². The molecule has 5 rings (SSSR count). The van der Waals surface area contributed by atoms with Crippen molar-refractivity contribution in [1.82, 2.24) is 20.2 Å². The van der Waals surface area contributed by atoms with Crippen LogP contribution in [-0.2, 0) is 9.59 Å². The lowest BCUT2D eigenvalue weighted by molar-refractivity contribution is -0.134. The Bertz CT molecular complexity index is 1240. The van der Waals surface area contributed by atoms with Gasteiger partial charge in [-0.25, -0.2) is 9.97 Å². The lowest BCUT2D eigenvalue weighted by Crippen LogP contribution is -2.51. The molecular formula is C31H38N6O2. The molecule has 2 N–H and O–H groups in total. The molecule has 1 aliphatic heterocycles. The molecule has 1 saturated heterocycles. The number of aromatic nitrogens is 2. The number of rotatable bonds is 9. The van der Waals surface area contributed by atoms with Gasteiger partial charge in [-0.2, -0.15) is 0 Å². The van der Waals surface area contributed by atoms with Gasteiger partial charge < -0.3 is 20.4 Å². The molecule has 2 aliphatic rings. The van der Waals surface area contributed by atoms with E-state index < -0.39 is 0 Å². The van der Waals surface area contributed by atoms with Crippen LogP contribution in [0.4, 0.5) is 11.6 Å². The number of carbonyl (C=O) groups excluding carboxylic acids is 2. The van der Waals surface area contributed by atoms with E-state index in [0.29, 0.717) is 56.8 Å². The molecule has 2 aromatic carbocycles. The smallest absolute Gasteiger partial charge is 0.230 e. The molecule has 204 valence electrons. The Morgan fingerprint density at radius 2 is 1.56 bits per heavy atom. The Morgan fingerprint density at radius 1 is 0.897 bits per heavy atom. The maximum absolute atomic E-state index is 13.9. The summed E-state index contributed by atoms with van der Waals surface area (Å²) in [5.41, 5.74) is 2.09. The van der Waals surface area contributed by atoms with Crippen LogP contribution in [0, 0.1) is 5.92 Å². The zero-order valence-corrected chi connectivity index (χ0v) is 22.7. The average molecular weight is 527 g/mol. The van der Waals surface area contributed by atoms with Crippen LogP contribution < -0.4 is 15.5 Å². The predicted octanol–water partition coefficient (Wildman–Crippen LogP) is 4.31. The molecule has 3 aromatic rings. The first-order chi connectivity index (χ1) is 19.1. The van der Waals surface area contributed by atoms with Crippen molar-refractivity contribution >= 4 is 23.5 Å². The van der Waals surface area contributed by atoms with Crippen molar-refractivity contribution in [2.24, 2.45) is 5.92 Å². The van der Waals surface area contributed by atoms with Crippen molar-refractivity contribution in [3.05, 3.63) is 72.3 Å². The minimum atomic E-state index is -0.0556. The molecule has 8 nitrogen and oxygen atoms in total. The Balaban J connectivity index is 1.30. The second-order valence-electron chi connectivity index (χ2n) is 10.5. The summed E-state index contributed by atoms with van der Waals surface area (Å²) in [6, 6.07) is 22.2. The zero-order chi connectivity index (χ0) is 27.0. The first-order valence-electron chi connectivity index (χ1n) is 14.1. The van der Waals surface area contributed by atoms with Crippen molar-refractivity contribution in [1.29, 1.82) is 0 Å². The number of amides is 2. The normalized spacial score (nSPS) is 16.6. The zero-order valence-electron chi connectivity index (χ0n) is 22.7. The molecule has 1 aliphatic carbocycles. The summed E-state index contributed by atoms with van der Waals surface area (Å²) < 4.78 is 0. The van der Waals surface area contributed by atoms with Crippen LogP contribution in [0.5, 0.6) is 0 Å². The van der Waals surface area contributed by atoms with Gasteiger partial charge in [-0.15, -0.1) is 0 Å². The quantitative estimate of drug-likeness (QED) is 0.404. The van der Waals surface area contributed by atoms with Crippen molar-refractivity contribution < 1.29 is 9.59 Å². The van der Waals surface area contributed by atoms with E-state index in [2.05, 4.69) is 32.6 Å². The van der Waals surface area contributed by atoms with Crippen LogP contribution >= 0.6 is 0 Å². The van der Waals surface area contributed by atoms with Gasteiger partial charge in [0.15, 0.2) is 5.82 Å². The Hall–Kier alpha value is -3.94. The fourth-order valence-electron chi connectivity index (χ4n) is 5.75. The van der Waals surface area contributed by atoms with E-state index in [0.717, 1.165) is 29.8 Å². The second kappa shape index (κ2) is 12.7. The Labute approximate surface area is 230 Å². The van der Waals surface area contributed by atoms with Gasteiger partial charge in [0.25, 0.3) is 0 Å². The topological polar surface area (TPSA) is 90.5 Å². The monoisotopic (exact) mass is 526 g/mol. The number of carbonyl (C=O) groups is 2. The summed E-state index contributed by atoms with van der Waals surface area (Å²) in [5.74, 6) is 2.80. The molecule has 1 atom stereocenters. The van der Waals surface area contributed by atoms with Crippen LogP contribution in [0.2, 0.25) is 0 Å². The van der Waals surface area contributed by atoms with Crippen LogP contribution in [0.25, 0.3) is 11.4 Å². The summed E-state index contributed by atoms with van der Waals surface area (Å²) in [6.45, 7) is 5.36. The highest BCUT2D eigenvalue weighted by molar-refractivity contribution is 5.84. The lowest BCUT2D eigenvalue weighted by atomic mass is 9.83. The SMILES string of the molecule is CC(=O)NCCNc1cc(N2CCN(C(=O)C(c3ccccc3)C3CCCC3)CC2)nc(-c2ccccc2)n1. The molecule has 2 fully saturated rings. The third-order valence-electron chi connectivity index (χ3n) is 7.76. The molecule has 0 bridgehead atoms. The van der Waals surface area contributed by atoms with Gasteiger partial charge in [0.2, 0.25) is 11.8 Å². The highest BCUT2D eigenvalue weighted by Gasteiger charge is 2.35. The summed E-state index contributed by atoms with van der Waals surface area (Å²) >= 11 is 0. The van der Waals surface area contributed by atoms with Gasteiger partial charge in [-0.3, -0.25) is 9.59 Å². The van der Waals surface area contributed by atoms with Gasteiger partial charge in [0.05, 0.1) is 5.92 Å². The van der Waals surface area contributed by atoms with Crippen molar-refractivity contribution in [3.8, 4) is 11.4 Å².